The number of aliphatic hydroxyl groups excluding tert-OH is 1. The first-order chi connectivity index (χ1) is 40.1. The first kappa shape index (κ1) is 57.3. The minimum atomic E-state index is -2.03. The number of phenolic OH excluding ortho intramolecular Hbond substituents is 1. The Morgan fingerprint density at radius 3 is 2.39 bits per heavy atom. The van der Waals surface area contributed by atoms with E-state index >= 15 is 8.78 Å². The zero-order valence-electron chi connectivity index (χ0n) is 47.8. The van der Waals surface area contributed by atoms with Gasteiger partial charge in [0, 0.05) is 105 Å². The third-order valence-corrected chi connectivity index (χ3v) is 19.3. The van der Waals surface area contributed by atoms with Crippen molar-refractivity contribution < 1.29 is 47.3 Å². The summed E-state index contributed by atoms with van der Waals surface area (Å²) < 4.78 is 53.9. The van der Waals surface area contributed by atoms with Crippen LogP contribution in [0.1, 0.15) is 102 Å². The molecule has 442 valence electrons. The molecule has 5 N–H and O–H groups in total. The maximum absolute atomic E-state index is 17.3. The number of pyridine rings is 1. The number of allylic oxidation sites excluding steroid dienone is 3. The maximum atomic E-state index is 17.3. The second-order valence-electron chi connectivity index (χ2n) is 25.4. The molecule has 5 aliphatic heterocycles. The molecule has 84 heavy (non-hydrogen) atoms. The number of aromatic hydroxyl groups is 1. The van der Waals surface area contributed by atoms with Crippen molar-refractivity contribution in [1.29, 1.82) is 0 Å². The zero-order valence-corrected chi connectivity index (χ0v) is 48.6. The van der Waals surface area contributed by atoms with Crippen LogP contribution in [0, 0.1) is 41.7 Å². The van der Waals surface area contributed by atoms with Crippen LogP contribution in [0.4, 0.5) is 19.0 Å². The van der Waals surface area contributed by atoms with Gasteiger partial charge >= 0.3 is 6.01 Å². The van der Waals surface area contributed by atoms with E-state index in [4.69, 9.17) is 21.1 Å². The van der Waals surface area contributed by atoms with Gasteiger partial charge in [-0.3, -0.25) is 29.1 Å². The van der Waals surface area contributed by atoms with Crippen LogP contribution in [-0.4, -0.2) is 168 Å². The summed E-state index contributed by atoms with van der Waals surface area (Å²) in [6, 6.07) is 2.95. The minimum absolute atomic E-state index is 0.00823. The number of aromatic nitrogens is 4. The Hall–Kier alpha value is -7.19. The molecule has 0 radical (unpaired) electrons. The van der Waals surface area contributed by atoms with Crippen LogP contribution in [0.25, 0.3) is 38.5 Å². The van der Waals surface area contributed by atoms with E-state index in [2.05, 4.69) is 47.7 Å². The molecular weight excluding hydrogens is 1100 g/mol. The summed E-state index contributed by atoms with van der Waals surface area (Å²) in [5.74, 6) is -0.902. The van der Waals surface area contributed by atoms with Gasteiger partial charge in [-0.2, -0.15) is 9.97 Å². The van der Waals surface area contributed by atoms with Crippen molar-refractivity contribution in [3.8, 4) is 35.4 Å². The Labute approximate surface area is 489 Å². The summed E-state index contributed by atoms with van der Waals surface area (Å²) in [4.78, 5) is 83.6. The lowest BCUT2D eigenvalue weighted by molar-refractivity contribution is -0.145. The van der Waals surface area contributed by atoms with Crippen molar-refractivity contribution in [2.45, 2.75) is 147 Å². The van der Waals surface area contributed by atoms with Gasteiger partial charge in [-0.15, -0.1) is 17.8 Å². The number of thiazole rings is 1. The summed E-state index contributed by atoms with van der Waals surface area (Å²) in [6.45, 7) is 12.5. The Morgan fingerprint density at radius 2 is 1.74 bits per heavy atom. The Kier molecular flexibility index (Phi) is 15.0. The van der Waals surface area contributed by atoms with Crippen molar-refractivity contribution in [2.75, 3.05) is 50.7 Å². The van der Waals surface area contributed by atoms with Crippen molar-refractivity contribution in [3.63, 3.8) is 0 Å². The number of piperazine rings is 1. The molecule has 6 unspecified atom stereocenters. The predicted octanol–water partition coefficient (Wildman–Crippen LogP) is 6.49. The fraction of sp³-hybridized carbons (Fsp3) is 0.516. The van der Waals surface area contributed by atoms with Gasteiger partial charge in [-0.1, -0.05) is 57.9 Å². The number of β-amino-alcohol motifs (C(OH)–C–C–N with tert-alkyl or cyclic N) is 1. The van der Waals surface area contributed by atoms with Crippen molar-refractivity contribution in [1.82, 2.24) is 50.6 Å². The molecule has 7 atom stereocenters. The number of benzene rings is 2. The highest BCUT2D eigenvalue weighted by Gasteiger charge is 2.54. The molecule has 2 aromatic carbocycles. The molecule has 12 rings (SSSR count). The highest BCUT2D eigenvalue weighted by Crippen LogP contribution is 2.43. The van der Waals surface area contributed by atoms with E-state index in [-0.39, 0.29) is 102 Å². The SMILES string of the molecule is C#Cc1c(F)ccc2cc(O)cc(-c3ncc4c(N5CC6CCC(C5)N6)nc(OC5CCN(C6CN(C(=O)C[C@H](NC(=O)C7CC(O)CN7C(=O)C(NC(=O)C7(F)CC7)C(C)(C)C)C7(C)C=CC(c8scnc8C)=CC7)C6)CC5)nc4c3F)c12. The smallest absolute Gasteiger partial charge is 0.319 e. The number of nitrogens with zero attached hydrogens (tertiary/aromatic N) is 8. The van der Waals surface area contributed by atoms with E-state index in [1.165, 1.54) is 46.7 Å². The topological polar surface area (TPSA) is 219 Å². The molecule has 2 bridgehead atoms. The van der Waals surface area contributed by atoms with Crippen LogP contribution in [-0.2, 0) is 19.2 Å². The Balaban J connectivity index is 0.732. The lowest BCUT2D eigenvalue weighted by Crippen LogP contribution is -2.63. The van der Waals surface area contributed by atoms with Crippen molar-refractivity contribution in [3.05, 3.63) is 82.0 Å². The van der Waals surface area contributed by atoms with Gasteiger partial charge in [0.15, 0.2) is 11.5 Å². The number of carbonyl (C=O) groups excluding carboxylic acids is 4. The van der Waals surface area contributed by atoms with E-state index in [0.29, 0.717) is 75.1 Å². The number of piperidine rings is 1. The van der Waals surface area contributed by atoms with Crippen LogP contribution < -0.4 is 25.6 Å². The van der Waals surface area contributed by atoms with Gasteiger partial charge in [0.1, 0.15) is 46.8 Å². The molecule has 6 fully saturated rings. The Morgan fingerprint density at radius 1 is 1.00 bits per heavy atom. The third-order valence-electron chi connectivity index (χ3n) is 18.3. The Bertz CT molecular complexity index is 3570. The number of amides is 4. The number of fused-ring (bicyclic) bond motifs is 4. The van der Waals surface area contributed by atoms with Crippen LogP contribution in [0.2, 0.25) is 0 Å². The molecule has 5 aromatic rings. The largest absolute Gasteiger partial charge is 0.508 e. The number of ether oxygens (including phenoxy) is 1. The number of rotatable bonds is 14. The first-order valence-electron chi connectivity index (χ1n) is 29.1. The molecule has 1 saturated carbocycles. The molecule has 3 aromatic heterocycles. The fourth-order valence-corrected chi connectivity index (χ4v) is 13.9. The first-order valence-corrected chi connectivity index (χ1v) is 30.0. The normalized spacial score (nSPS) is 25.0. The lowest BCUT2D eigenvalue weighted by Gasteiger charge is -2.48. The average molecular weight is 1170 g/mol. The number of phenols is 1. The molecule has 8 heterocycles. The summed E-state index contributed by atoms with van der Waals surface area (Å²) in [7, 11) is 0. The third kappa shape index (κ3) is 11.0. The van der Waals surface area contributed by atoms with Gasteiger partial charge in [0.2, 0.25) is 17.7 Å². The molecule has 7 aliphatic rings. The predicted molar refractivity (Wildman–Crippen MR) is 311 cm³/mol. The number of anilines is 1. The molecule has 2 aliphatic carbocycles. The van der Waals surface area contributed by atoms with E-state index in [9.17, 15) is 33.8 Å². The number of hydrogen-bond acceptors (Lipinski definition) is 15. The number of terminal acetylenes is 1. The number of likely N-dealkylation sites (tertiary alicyclic amines) is 3. The quantitative estimate of drug-likeness (QED) is 0.0752. The van der Waals surface area contributed by atoms with E-state index < -0.39 is 70.1 Å². The number of halogens is 3. The standard InChI is InChI=1S/C62H70F3N11O7S/c1-7-42-45(63)11-8-35-22-39(77)23-43(49(35)42)51-50(64)52-44(26-66-51)55(75-27-36-9-10-37(28-75)68-36)72-59(70-52)83-41-14-20-73(21-15-41)38-29-74(30-38)48(79)25-47(61(6)16-12-34(13-17-61)53-33(2)67-32-84-53)69-56(80)46-24-40(78)31-76(46)57(81)54(60(3,4)5)71-58(82)62(65)18-19-62/h1,8,11-13,16,22-23,26,32,36-38,40-41,46-47,54,68,77-78H,9-10,14-15,17-21,24-25,27-31H2,2-6H3,(H,69,80)(H,71,82)/t36?,37?,40?,46?,47-,54?,61?/m0/s1. The fourth-order valence-electron chi connectivity index (χ4n) is 13.1. The van der Waals surface area contributed by atoms with E-state index in [1.54, 1.807) is 31.2 Å². The van der Waals surface area contributed by atoms with Gasteiger partial charge in [-0.25, -0.2) is 18.2 Å². The van der Waals surface area contributed by atoms with E-state index in [0.717, 1.165) is 29.0 Å². The van der Waals surface area contributed by atoms with Crippen LogP contribution in [0.5, 0.6) is 11.8 Å². The van der Waals surface area contributed by atoms with Crippen molar-refractivity contribution >= 4 is 68.0 Å². The summed E-state index contributed by atoms with van der Waals surface area (Å²) in [6.07, 6.45) is 15.8. The maximum Gasteiger partial charge on any atom is 0.319 e. The molecule has 0 spiro atoms. The number of nitrogens with one attached hydrogen (secondary N) is 3. The summed E-state index contributed by atoms with van der Waals surface area (Å²) >= 11 is 1.53. The lowest BCUT2D eigenvalue weighted by atomic mass is 9.74. The number of hydrogen-bond donors (Lipinski definition) is 5. The molecule has 4 amide bonds. The number of aryl methyl sites for hydroxylation is 1. The van der Waals surface area contributed by atoms with Crippen LogP contribution in [0.15, 0.2) is 54.2 Å². The second-order valence-corrected chi connectivity index (χ2v) is 26.2. The molecular formula is C62H70F3N11O7S. The monoisotopic (exact) mass is 1170 g/mol. The zero-order chi connectivity index (χ0) is 59.1. The molecule has 22 heteroatoms. The highest BCUT2D eigenvalue weighted by atomic mass is 32.1. The van der Waals surface area contributed by atoms with Gasteiger partial charge in [0.25, 0.3) is 5.91 Å². The van der Waals surface area contributed by atoms with Crippen LogP contribution >= 0.6 is 11.3 Å². The molecule has 18 nitrogen and oxygen atoms in total. The van der Waals surface area contributed by atoms with E-state index in [1.807, 2.05) is 26.0 Å². The molecule has 5 saturated heterocycles. The van der Waals surface area contributed by atoms with Gasteiger partial charge < -0.3 is 45.6 Å². The average Bonchev–Trinajstić information content (AvgIpc) is 1.73. The van der Waals surface area contributed by atoms with Gasteiger partial charge in [0.05, 0.1) is 33.1 Å². The van der Waals surface area contributed by atoms with Crippen LogP contribution in [0.3, 0.4) is 0 Å². The van der Waals surface area contributed by atoms with Gasteiger partial charge in [-0.05, 0) is 86.4 Å². The number of carbonyl (C=O) groups is 4. The van der Waals surface area contributed by atoms with Crippen molar-refractivity contribution in [2.24, 2.45) is 10.8 Å². The number of alkyl halides is 1. The summed E-state index contributed by atoms with van der Waals surface area (Å²) in [5.41, 5.74) is -0.111. The summed E-state index contributed by atoms with van der Waals surface area (Å²) in [5, 5.41) is 32.2. The highest BCUT2D eigenvalue weighted by molar-refractivity contribution is 7.11. The minimum Gasteiger partial charge on any atom is -0.508 e. The number of aliphatic hydroxyl groups is 1. The second kappa shape index (κ2) is 22.0.